The van der Waals surface area contributed by atoms with Crippen LogP contribution in [-0.2, 0) is 49.5 Å². The third-order valence-electron chi connectivity index (χ3n) is 12.9. The molecule has 0 amide bonds. The maximum atomic E-state index is 12.6. The van der Waals surface area contributed by atoms with Gasteiger partial charge in [-0.3, -0.25) is 4.79 Å². The van der Waals surface area contributed by atoms with Gasteiger partial charge in [0.2, 0.25) is 0 Å². The molecular weight excluding hydrogens is 576 g/mol. The molecule has 0 aromatic heterocycles. The Kier molecular flexibility index (Phi) is 7.23. The van der Waals surface area contributed by atoms with Crippen molar-refractivity contribution in [2.75, 3.05) is 6.61 Å². The standard InChI is InChI=1S/C36H44O9/c1-21(37)43-28-29(33(2)15-14-27(38)42-20-33)35(4)17-13-25-26(36(35)30(28)45-36)11-10-23-18-24(12-16-34(23,25)3)44-32(40)31(39)41-19-22-8-6-5-7-9-22/h5-9,14-15,23-26,28-30H,10-13,16-20H2,1-4H3/t23-,24+,25+,26-,28-,29-,30-,33?,34+,35-,36-/m1/s1. The van der Waals surface area contributed by atoms with Crippen LogP contribution in [0, 0.1) is 39.9 Å². The van der Waals surface area contributed by atoms with Crippen molar-refractivity contribution in [2.24, 2.45) is 39.9 Å². The first-order chi connectivity index (χ1) is 21.4. The zero-order chi connectivity index (χ0) is 31.8. The fraction of sp³-hybridized carbons (Fsp3) is 0.667. The number of hydrogen-bond acceptors (Lipinski definition) is 9. The van der Waals surface area contributed by atoms with Crippen molar-refractivity contribution in [1.29, 1.82) is 0 Å². The molecule has 9 nitrogen and oxygen atoms in total. The van der Waals surface area contributed by atoms with Gasteiger partial charge in [-0.2, -0.15) is 0 Å². The van der Waals surface area contributed by atoms with Crippen molar-refractivity contribution in [3.63, 3.8) is 0 Å². The molecule has 1 aromatic rings. The number of benzene rings is 1. The summed E-state index contributed by atoms with van der Waals surface area (Å²) < 4.78 is 29.3. The topological polar surface area (TPSA) is 118 Å². The van der Waals surface area contributed by atoms with Crippen molar-refractivity contribution in [3.05, 3.63) is 48.0 Å². The zero-order valence-electron chi connectivity index (χ0n) is 26.6. The maximum absolute atomic E-state index is 12.6. The van der Waals surface area contributed by atoms with Crippen LogP contribution < -0.4 is 0 Å². The molecule has 0 N–H and O–H groups in total. The Hall–Kier alpha value is -3.20. The lowest BCUT2D eigenvalue weighted by Crippen LogP contribution is -2.60. The summed E-state index contributed by atoms with van der Waals surface area (Å²) in [6.45, 7) is 8.58. The Bertz CT molecular complexity index is 1420. The Morgan fingerprint density at radius 2 is 1.71 bits per heavy atom. The Balaban J connectivity index is 1.06. The highest BCUT2D eigenvalue weighted by atomic mass is 16.7. The minimum atomic E-state index is -0.951. The van der Waals surface area contributed by atoms with Crippen LogP contribution >= 0.6 is 0 Å². The molecule has 2 aliphatic heterocycles. The van der Waals surface area contributed by atoms with Crippen LogP contribution in [0.3, 0.4) is 0 Å². The summed E-state index contributed by atoms with van der Waals surface area (Å²) in [6, 6.07) is 9.27. The minimum absolute atomic E-state index is 0.0344. The molecule has 9 heteroatoms. The molecule has 242 valence electrons. The van der Waals surface area contributed by atoms with Crippen LogP contribution in [-0.4, -0.2) is 54.4 Å². The first kappa shape index (κ1) is 30.5. The van der Waals surface area contributed by atoms with E-state index in [4.69, 9.17) is 23.7 Å². The van der Waals surface area contributed by atoms with E-state index in [1.807, 2.05) is 36.4 Å². The lowest BCUT2D eigenvalue weighted by molar-refractivity contribution is -0.188. The van der Waals surface area contributed by atoms with Gasteiger partial charge in [-0.25, -0.2) is 14.4 Å². The van der Waals surface area contributed by atoms with Crippen molar-refractivity contribution < 1.29 is 42.9 Å². The van der Waals surface area contributed by atoms with Gasteiger partial charge in [-0.15, -0.1) is 0 Å². The van der Waals surface area contributed by atoms with E-state index in [1.165, 1.54) is 13.0 Å². The van der Waals surface area contributed by atoms with Crippen LogP contribution in [0.25, 0.3) is 0 Å². The smallest absolute Gasteiger partial charge is 0.417 e. The second-order valence-electron chi connectivity index (χ2n) is 15.1. The van der Waals surface area contributed by atoms with E-state index in [1.54, 1.807) is 0 Å². The highest BCUT2D eigenvalue weighted by molar-refractivity contribution is 6.29. The number of ether oxygens (including phenoxy) is 5. The van der Waals surface area contributed by atoms with Crippen LogP contribution in [0.1, 0.15) is 78.2 Å². The van der Waals surface area contributed by atoms with E-state index in [9.17, 15) is 19.2 Å². The average molecular weight is 621 g/mol. The van der Waals surface area contributed by atoms with Crippen LogP contribution in [0.15, 0.2) is 42.5 Å². The summed E-state index contributed by atoms with van der Waals surface area (Å²) in [5.41, 5.74) is -0.249. The summed E-state index contributed by atoms with van der Waals surface area (Å²) in [6.07, 6.45) is 8.87. The number of epoxide rings is 1. The number of cyclic esters (lactones) is 1. The second-order valence-corrected chi connectivity index (χ2v) is 15.1. The number of hydrogen-bond donors (Lipinski definition) is 0. The van der Waals surface area contributed by atoms with E-state index in [2.05, 4.69) is 20.8 Å². The molecule has 0 bridgehead atoms. The van der Waals surface area contributed by atoms with Gasteiger partial charge in [0.25, 0.3) is 0 Å². The molecule has 6 aliphatic rings. The SMILES string of the molecule is CC(=O)O[C@H]1[C@H]2O[C@]23[C@@H]2CC[C@@H]4C[C@@H](OC(=O)C(=O)OCc5ccccc5)CC[C@]4(C)[C@H]2CC[C@]3(C)[C@H]1C1(C)C=CC(=O)OC1. The second kappa shape index (κ2) is 10.7. The van der Waals surface area contributed by atoms with E-state index in [0.29, 0.717) is 24.2 Å². The predicted molar refractivity (Wildman–Crippen MR) is 160 cm³/mol. The quantitative estimate of drug-likeness (QED) is 0.192. The third kappa shape index (κ3) is 4.66. The summed E-state index contributed by atoms with van der Waals surface area (Å²) in [5, 5.41) is 0. The molecule has 4 saturated carbocycles. The van der Waals surface area contributed by atoms with Crippen molar-refractivity contribution in [1.82, 2.24) is 0 Å². The number of fused-ring (bicyclic) bond motifs is 3. The molecule has 1 unspecified atom stereocenters. The fourth-order valence-electron chi connectivity index (χ4n) is 10.9. The number of carbonyl (C=O) groups is 4. The van der Waals surface area contributed by atoms with Crippen LogP contribution in [0.2, 0.25) is 0 Å². The average Bonchev–Trinajstić information content (AvgIpc) is 3.72. The van der Waals surface area contributed by atoms with Gasteiger partial charge in [0.05, 0.1) is 0 Å². The van der Waals surface area contributed by atoms with Gasteiger partial charge in [0.1, 0.15) is 37.1 Å². The molecule has 2 heterocycles. The zero-order valence-corrected chi connectivity index (χ0v) is 26.6. The molecule has 11 atom stereocenters. The lowest BCUT2D eigenvalue weighted by atomic mass is 9.43. The summed E-state index contributed by atoms with van der Waals surface area (Å²) in [4.78, 5) is 49.4. The number of carbonyl (C=O) groups excluding carboxylic acids is 4. The Morgan fingerprint density at radius 3 is 2.42 bits per heavy atom. The largest absolute Gasteiger partial charge is 0.462 e. The van der Waals surface area contributed by atoms with Gasteiger partial charge >= 0.3 is 23.9 Å². The van der Waals surface area contributed by atoms with Gasteiger partial charge in [0.15, 0.2) is 0 Å². The maximum Gasteiger partial charge on any atom is 0.417 e. The van der Waals surface area contributed by atoms with E-state index < -0.39 is 29.1 Å². The minimum Gasteiger partial charge on any atom is -0.462 e. The molecule has 0 radical (unpaired) electrons. The first-order valence-corrected chi connectivity index (χ1v) is 16.5. The molecule has 1 saturated heterocycles. The highest BCUT2D eigenvalue weighted by Gasteiger charge is 2.86. The molecule has 45 heavy (non-hydrogen) atoms. The summed E-state index contributed by atoms with van der Waals surface area (Å²) in [5.74, 6) is -1.46. The van der Waals surface area contributed by atoms with E-state index in [0.717, 1.165) is 44.1 Å². The van der Waals surface area contributed by atoms with Crippen molar-refractivity contribution >= 4 is 23.9 Å². The van der Waals surface area contributed by atoms with Crippen molar-refractivity contribution in [2.45, 2.75) is 103 Å². The van der Waals surface area contributed by atoms with Crippen LogP contribution in [0.4, 0.5) is 0 Å². The van der Waals surface area contributed by atoms with E-state index >= 15 is 0 Å². The molecule has 1 spiro atoms. The van der Waals surface area contributed by atoms with Gasteiger partial charge in [-0.1, -0.05) is 57.2 Å². The molecule has 5 fully saturated rings. The molecule has 1 aromatic carbocycles. The lowest BCUT2D eigenvalue weighted by Gasteiger charge is -2.62. The van der Waals surface area contributed by atoms with Crippen molar-refractivity contribution in [3.8, 4) is 0 Å². The normalized spacial score (nSPS) is 44.3. The van der Waals surface area contributed by atoms with E-state index in [-0.39, 0.29) is 54.1 Å². The monoisotopic (exact) mass is 620 g/mol. The van der Waals surface area contributed by atoms with Gasteiger partial charge in [0, 0.05) is 29.7 Å². The summed E-state index contributed by atoms with van der Waals surface area (Å²) >= 11 is 0. The summed E-state index contributed by atoms with van der Waals surface area (Å²) in [7, 11) is 0. The first-order valence-electron chi connectivity index (χ1n) is 16.5. The van der Waals surface area contributed by atoms with Gasteiger partial charge in [-0.05, 0) is 73.7 Å². The Morgan fingerprint density at radius 1 is 0.933 bits per heavy atom. The molecule has 4 aliphatic carbocycles. The van der Waals surface area contributed by atoms with Crippen LogP contribution in [0.5, 0.6) is 0 Å². The number of esters is 4. The predicted octanol–water partition coefficient (Wildman–Crippen LogP) is 5.09. The third-order valence-corrected chi connectivity index (χ3v) is 12.9. The van der Waals surface area contributed by atoms with Gasteiger partial charge < -0.3 is 23.7 Å². The highest BCUT2D eigenvalue weighted by Crippen LogP contribution is 2.78. The Labute approximate surface area is 264 Å². The molecular formula is C36H44O9. The fourth-order valence-corrected chi connectivity index (χ4v) is 10.9. The number of rotatable bonds is 5. The molecule has 7 rings (SSSR count).